The Bertz CT molecular complexity index is 1060. The summed E-state index contributed by atoms with van der Waals surface area (Å²) in [5, 5.41) is 17.8. The van der Waals surface area contributed by atoms with Crippen LogP contribution in [0.1, 0.15) is 38.3 Å². The highest BCUT2D eigenvalue weighted by Gasteiger charge is 2.21. The molecule has 3 N–H and O–H groups in total. The summed E-state index contributed by atoms with van der Waals surface area (Å²) < 4.78 is 1.68. The summed E-state index contributed by atoms with van der Waals surface area (Å²) in [6, 6.07) is 3.97. The van der Waals surface area contributed by atoms with Gasteiger partial charge in [-0.3, -0.25) is 9.78 Å². The van der Waals surface area contributed by atoms with Crippen molar-refractivity contribution in [1.82, 2.24) is 19.5 Å². The van der Waals surface area contributed by atoms with E-state index in [0.717, 1.165) is 36.8 Å². The summed E-state index contributed by atoms with van der Waals surface area (Å²) >= 11 is 0. The van der Waals surface area contributed by atoms with E-state index in [1.54, 1.807) is 23.2 Å². The fraction of sp³-hybridized carbons (Fsp3) is 0.429. The maximum atomic E-state index is 13.0. The van der Waals surface area contributed by atoms with Crippen molar-refractivity contribution < 1.29 is 5.11 Å². The Morgan fingerprint density at radius 2 is 1.97 bits per heavy atom. The zero-order valence-electron chi connectivity index (χ0n) is 16.7. The Labute approximate surface area is 169 Å². The van der Waals surface area contributed by atoms with Crippen LogP contribution in [0.3, 0.4) is 0 Å². The maximum absolute atomic E-state index is 13.0. The van der Waals surface area contributed by atoms with Gasteiger partial charge >= 0.3 is 0 Å². The van der Waals surface area contributed by atoms with Crippen molar-refractivity contribution in [3.8, 4) is 0 Å². The summed E-state index contributed by atoms with van der Waals surface area (Å²) in [6.07, 6.45) is 8.13. The minimum atomic E-state index is -0.233. The molecule has 1 fully saturated rings. The lowest BCUT2D eigenvalue weighted by molar-refractivity contribution is 0.126. The molecule has 0 bridgehead atoms. The number of hydrogen-bond acceptors (Lipinski definition) is 7. The normalized spacial score (nSPS) is 19.3. The topological polar surface area (TPSA) is 105 Å². The third kappa shape index (κ3) is 4.22. The summed E-state index contributed by atoms with van der Waals surface area (Å²) in [6.45, 7) is 4.43. The number of aliphatic hydroxyl groups is 1. The van der Waals surface area contributed by atoms with Gasteiger partial charge in [0.05, 0.1) is 29.6 Å². The SMILES string of the molecule is CCn1ccc2cc(Nc3cnc(C)cn3)nc(N[C@H]3CC[C@@H](O)CC3)c2c1=O. The molecular weight excluding hydrogens is 368 g/mol. The van der Waals surface area contributed by atoms with Gasteiger partial charge in [-0.25, -0.2) is 9.97 Å². The van der Waals surface area contributed by atoms with Gasteiger partial charge < -0.3 is 20.3 Å². The number of anilines is 3. The van der Waals surface area contributed by atoms with Gasteiger partial charge in [0.2, 0.25) is 0 Å². The molecule has 0 unspecified atom stereocenters. The fourth-order valence-electron chi connectivity index (χ4n) is 3.72. The first kappa shape index (κ1) is 19.3. The first-order valence-electron chi connectivity index (χ1n) is 10.1. The maximum Gasteiger partial charge on any atom is 0.262 e. The number of aliphatic hydroxyl groups excluding tert-OH is 1. The molecule has 0 spiro atoms. The van der Waals surface area contributed by atoms with E-state index in [9.17, 15) is 9.90 Å². The van der Waals surface area contributed by atoms with Crippen LogP contribution in [0.15, 0.2) is 35.5 Å². The van der Waals surface area contributed by atoms with E-state index in [1.807, 2.05) is 26.0 Å². The summed E-state index contributed by atoms with van der Waals surface area (Å²) in [4.78, 5) is 26.3. The molecular formula is C21H26N6O2. The molecule has 0 aromatic carbocycles. The van der Waals surface area contributed by atoms with Gasteiger partial charge in [-0.2, -0.15) is 0 Å². The molecule has 1 aliphatic carbocycles. The van der Waals surface area contributed by atoms with Crippen LogP contribution in [0, 0.1) is 6.92 Å². The molecule has 1 aliphatic rings. The number of fused-ring (bicyclic) bond motifs is 1. The van der Waals surface area contributed by atoms with Gasteiger partial charge in [0.15, 0.2) is 0 Å². The van der Waals surface area contributed by atoms with Crippen molar-refractivity contribution in [1.29, 1.82) is 0 Å². The second-order valence-corrected chi connectivity index (χ2v) is 7.55. The molecule has 0 amide bonds. The van der Waals surface area contributed by atoms with Crippen LogP contribution in [-0.4, -0.2) is 36.8 Å². The Morgan fingerprint density at radius 3 is 2.66 bits per heavy atom. The van der Waals surface area contributed by atoms with Gasteiger partial charge in [0, 0.05) is 18.8 Å². The molecule has 0 atom stereocenters. The van der Waals surface area contributed by atoms with E-state index in [-0.39, 0.29) is 17.7 Å². The number of nitrogens with one attached hydrogen (secondary N) is 2. The molecule has 4 rings (SSSR count). The van der Waals surface area contributed by atoms with Gasteiger partial charge in [-0.1, -0.05) is 0 Å². The molecule has 3 aromatic rings. The lowest BCUT2D eigenvalue weighted by Gasteiger charge is -2.27. The van der Waals surface area contributed by atoms with Crippen LogP contribution in [-0.2, 0) is 6.54 Å². The summed E-state index contributed by atoms with van der Waals surface area (Å²) in [5.74, 6) is 1.76. The molecule has 8 nitrogen and oxygen atoms in total. The van der Waals surface area contributed by atoms with Crippen molar-refractivity contribution in [3.63, 3.8) is 0 Å². The van der Waals surface area contributed by atoms with Gasteiger partial charge in [0.1, 0.15) is 17.5 Å². The molecule has 0 radical (unpaired) electrons. The predicted molar refractivity (Wildman–Crippen MR) is 114 cm³/mol. The Kier molecular flexibility index (Phi) is 5.44. The Balaban J connectivity index is 1.74. The average Bonchev–Trinajstić information content (AvgIpc) is 2.71. The van der Waals surface area contributed by atoms with Crippen LogP contribution in [0.4, 0.5) is 17.5 Å². The third-order valence-electron chi connectivity index (χ3n) is 5.37. The first-order valence-corrected chi connectivity index (χ1v) is 10.1. The van der Waals surface area contributed by atoms with Gasteiger partial charge in [0.25, 0.3) is 5.56 Å². The Hall–Kier alpha value is -3.00. The van der Waals surface area contributed by atoms with Crippen molar-refractivity contribution in [2.24, 2.45) is 0 Å². The second kappa shape index (κ2) is 8.16. The highest BCUT2D eigenvalue weighted by atomic mass is 16.3. The van der Waals surface area contributed by atoms with E-state index in [2.05, 4.69) is 20.6 Å². The van der Waals surface area contributed by atoms with Crippen molar-refractivity contribution in [3.05, 3.63) is 46.8 Å². The van der Waals surface area contributed by atoms with Crippen LogP contribution in [0.2, 0.25) is 0 Å². The largest absolute Gasteiger partial charge is 0.393 e. The minimum absolute atomic E-state index is 0.0579. The van der Waals surface area contributed by atoms with Crippen molar-refractivity contribution in [2.75, 3.05) is 10.6 Å². The molecule has 29 heavy (non-hydrogen) atoms. The quantitative estimate of drug-likeness (QED) is 0.611. The Morgan fingerprint density at radius 1 is 1.17 bits per heavy atom. The molecule has 3 heterocycles. The predicted octanol–water partition coefficient (Wildman–Crippen LogP) is 2.97. The standard InChI is InChI=1S/C21H26N6O2/c1-3-27-9-8-14-10-17(25-18-12-22-13(2)11-23-18)26-20(19(14)21(27)29)24-15-4-6-16(28)7-5-15/h8-12,15-16,28H,3-7H2,1-2H3,(H2,23,24,25,26)/t15-,16+. The number of pyridine rings is 2. The highest BCUT2D eigenvalue weighted by Crippen LogP contribution is 2.27. The number of rotatable bonds is 5. The van der Waals surface area contributed by atoms with Gasteiger partial charge in [-0.05, 0) is 57.0 Å². The first-order chi connectivity index (χ1) is 14.0. The second-order valence-electron chi connectivity index (χ2n) is 7.55. The van der Waals surface area contributed by atoms with Gasteiger partial charge in [-0.15, -0.1) is 0 Å². The van der Waals surface area contributed by atoms with E-state index < -0.39 is 0 Å². The zero-order chi connectivity index (χ0) is 20.4. The zero-order valence-corrected chi connectivity index (χ0v) is 16.7. The average molecular weight is 394 g/mol. The third-order valence-corrected chi connectivity index (χ3v) is 5.37. The number of nitrogens with zero attached hydrogens (tertiary/aromatic N) is 4. The van der Waals surface area contributed by atoms with Crippen LogP contribution < -0.4 is 16.2 Å². The highest BCUT2D eigenvalue weighted by molar-refractivity contribution is 5.93. The summed E-state index contributed by atoms with van der Waals surface area (Å²) in [7, 11) is 0. The number of aromatic nitrogens is 4. The van der Waals surface area contributed by atoms with Crippen LogP contribution in [0.25, 0.3) is 10.8 Å². The van der Waals surface area contributed by atoms with Crippen molar-refractivity contribution in [2.45, 2.75) is 58.2 Å². The van der Waals surface area contributed by atoms with Crippen LogP contribution in [0.5, 0.6) is 0 Å². The number of aryl methyl sites for hydroxylation is 2. The molecule has 0 saturated heterocycles. The van der Waals surface area contributed by atoms with E-state index in [1.165, 1.54) is 0 Å². The number of hydrogen-bond donors (Lipinski definition) is 3. The molecule has 0 aliphatic heterocycles. The minimum Gasteiger partial charge on any atom is -0.393 e. The van der Waals surface area contributed by atoms with Crippen molar-refractivity contribution >= 4 is 28.2 Å². The molecule has 8 heteroatoms. The molecule has 152 valence electrons. The lowest BCUT2D eigenvalue weighted by Crippen LogP contribution is -2.29. The summed E-state index contributed by atoms with van der Waals surface area (Å²) in [5.41, 5.74) is 0.779. The fourth-order valence-corrected chi connectivity index (χ4v) is 3.72. The molecule has 3 aromatic heterocycles. The van der Waals surface area contributed by atoms with E-state index >= 15 is 0 Å². The van der Waals surface area contributed by atoms with E-state index in [4.69, 9.17) is 4.98 Å². The smallest absolute Gasteiger partial charge is 0.262 e. The monoisotopic (exact) mass is 394 g/mol. The van der Waals surface area contributed by atoms with Crippen LogP contribution >= 0.6 is 0 Å². The molecule has 1 saturated carbocycles. The lowest BCUT2D eigenvalue weighted by atomic mass is 9.93. The van der Waals surface area contributed by atoms with E-state index in [0.29, 0.717) is 29.4 Å².